The third-order valence-electron chi connectivity index (χ3n) is 7.16. The molecule has 2 N–H and O–H groups in total. The van der Waals surface area contributed by atoms with Gasteiger partial charge in [0.25, 0.3) is 0 Å². The summed E-state index contributed by atoms with van der Waals surface area (Å²) < 4.78 is 5.37. The zero-order chi connectivity index (χ0) is 28.6. The van der Waals surface area contributed by atoms with Crippen molar-refractivity contribution in [1.29, 1.82) is 0 Å². The van der Waals surface area contributed by atoms with Crippen LogP contribution in [0.5, 0.6) is 0 Å². The van der Waals surface area contributed by atoms with E-state index < -0.39 is 11.7 Å². The lowest BCUT2D eigenvalue weighted by Gasteiger charge is -2.25. The summed E-state index contributed by atoms with van der Waals surface area (Å²) in [6, 6.07) is 4.26. The van der Waals surface area contributed by atoms with Crippen LogP contribution >= 0.6 is 11.3 Å². The number of benzene rings is 1. The number of hydrogen-bond acceptors (Lipinski definition) is 9. The van der Waals surface area contributed by atoms with Crippen LogP contribution in [0.4, 0.5) is 22.0 Å². The zero-order valence-electron chi connectivity index (χ0n) is 24.0. The van der Waals surface area contributed by atoms with Crippen molar-refractivity contribution in [3.8, 4) is 0 Å². The summed E-state index contributed by atoms with van der Waals surface area (Å²) in [7, 11) is 5.64. The molecule has 0 radical (unpaired) electrons. The largest absolute Gasteiger partial charge is 0.444 e. The van der Waals surface area contributed by atoms with Gasteiger partial charge in [-0.3, -0.25) is 9.79 Å². The van der Waals surface area contributed by atoms with Gasteiger partial charge in [-0.2, -0.15) is 0 Å². The molecule has 1 aliphatic heterocycles. The van der Waals surface area contributed by atoms with Crippen molar-refractivity contribution in [3.63, 3.8) is 0 Å². The van der Waals surface area contributed by atoms with Crippen LogP contribution in [0.25, 0.3) is 10.2 Å². The predicted octanol–water partition coefficient (Wildman–Crippen LogP) is 4.52. The lowest BCUT2D eigenvalue weighted by Crippen LogP contribution is -2.37. The Labute approximate surface area is 238 Å². The maximum Gasteiger partial charge on any atom is 0.407 e. The van der Waals surface area contributed by atoms with Gasteiger partial charge in [0.1, 0.15) is 22.6 Å². The van der Waals surface area contributed by atoms with Crippen LogP contribution in [-0.4, -0.2) is 72.9 Å². The Hall–Kier alpha value is -3.73. The number of aliphatic imine (C=N–C) groups is 1. The third-order valence-corrected chi connectivity index (χ3v) is 8.33. The highest BCUT2D eigenvalue weighted by Crippen LogP contribution is 2.42. The first-order valence-corrected chi connectivity index (χ1v) is 14.4. The van der Waals surface area contributed by atoms with Crippen molar-refractivity contribution in [2.24, 2.45) is 10.9 Å². The molecule has 0 saturated heterocycles. The normalized spacial score (nSPS) is 15.9. The summed E-state index contributed by atoms with van der Waals surface area (Å²) >= 11 is 1.66. The van der Waals surface area contributed by atoms with Crippen LogP contribution in [0.3, 0.4) is 0 Å². The smallest absolute Gasteiger partial charge is 0.407 e. The van der Waals surface area contributed by atoms with Crippen molar-refractivity contribution < 1.29 is 14.3 Å². The fourth-order valence-corrected chi connectivity index (χ4v) is 6.50. The highest BCUT2D eigenvalue weighted by Gasteiger charge is 2.30. The second-order valence-corrected chi connectivity index (χ2v) is 12.7. The number of carbonyl (C=O) groups excluding carboxylic acids is 2. The van der Waals surface area contributed by atoms with E-state index in [4.69, 9.17) is 4.74 Å². The van der Waals surface area contributed by atoms with E-state index in [-0.39, 0.29) is 11.8 Å². The van der Waals surface area contributed by atoms with Crippen LogP contribution < -0.4 is 15.5 Å². The lowest BCUT2D eigenvalue weighted by atomic mass is 9.87. The number of nitrogens with one attached hydrogen (secondary N) is 2. The molecule has 0 unspecified atom stereocenters. The van der Waals surface area contributed by atoms with Gasteiger partial charge < -0.3 is 25.2 Å². The van der Waals surface area contributed by atoms with E-state index in [2.05, 4.69) is 42.6 Å². The Morgan fingerprint density at radius 3 is 2.73 bits per heavy atom. The topological polar surface area (TPSA) is 112 Å². The van der Waals surface area contributed by atoms with E-state index in [1.165, 1.54) is 10.4 Å². The van der Waals surface area contributed by atoms with Gasteiger partial charge in [-0.05, 0) is 68.9 Å². The molecule has 3 heterocycles. The summed E-state index contributed by atoms with van der Waals surface area (Å²) in [5, 5.41) is 7.49. The maximum absolute atomic E-state index is 12.6. The number of amides is 2. The third kappa shape index (κ3) is 5.89. The van der Waals surface area contributed by atoms with Crippen LogP contribution in [0.1, 0.15) is 48.8 Å². The second kappa shape index (κ2) is 11.0. The number of fused-ring (bicyclic) bond motifs is 4. The average Bonchev–Trinajstić information content (AvgIpc) is 3.50. The monoisotopic (exact) mass is 563 g/mol. The van der Waals surface area contributed by atoms with Crippen molar-refractivity contribution in [3.05, 3.63) is 40.0 Å². The number of hydrogen-bond donors (Lipinski definition) is 2. The van der Waals surface area contributed by atoms with Gasteiger partial charge in [0.2, 0.25) is 5.91 Å². The van der Waals surface area contributed by atoms with Crippen LogP contribution in [0.2, 0.25) is 0 Å². The van der Waals surface area contributed by atoms with Crippen molar-refractivity contribution >= 4 is 57.0 Å². The highest BCUT2D eigenvalue weighted by molar-refractivity contribution is 7.19. The minimum Gasteiger partial charge on any atom is -0.444 e. The molecule has 40 heavy (non-hydrogen) atoms. The Morgan fingerprint density at radius 2 is 1.98 bits per heavy atom. The quantitative estimate of drug-likeness (QED) is 0.435. The number of likely N-dealkylation sites (N-methyl/N-ethyl adjacent to an activating group) is 1. The number of nitrogens with zero attached hydrogens (tertiary/aromatic N) is 5. The summed E-state index contributed by atoms with van der Waals surface area (Å²) in [6.45, 7) is 7.21. The van der Waals surface area contributed by atoms with Gasteiger partial charge in [0.05, 0.1) is 23.3 Å². The van der Waals surface area contributed by atoms with Gasteiger partial charge >= 0.3 is 6.09 Å². The molecule has 2 amide bonds. The molecule has 2 aromatic heterocycles. The molecule has 1 atom stereocenters. The molecule has 1 aromatic carbocycles. The van der Waals surface area contributed by atoms with Gasteiger partial charge in [0.15, 0.2) is 0 Å². The summed E-state index contributed by atoms with van der Waals surface area (Å²) in [5.74, 6) is 0.947. The molecule has 0 spiro atoms. The Bertz CT molecular complexity index is 1470. The SMILES string of the molecule is CN(C)C(=O)[C@H]1CCc2c(sc3ncnc(Nc4cc5c(cc4N(C)CCNC(=O)OC(C)(C)C)CN=C5)c23)C1. The van der Waals surface area contributed by atoms with Crippen molar-refractivity contribution in [1.82, 2.24) is 20.2 Å². The standard InChI is InChI=1S/C29H37N7O3S/c1-29(2,3)39-28(38)31-9-10-36(6)22-12-19-15-30-14-18(19)11-21(22)34-25-24-20-8-7-17(27(37)35(4)5)13-23(20)40-26(24)33-16-32-25/h11-12,14,16-17H,7-10,13,15H2,1-6H3,(H,31,38)(H,32,33,34)/t17-/m0/s1. The number of thiophene rings is 1. The molecular formula is C29H37N7O3S. The first-order valence-electron chi connectivity index (χ1n) is 13.6. The van der Waals surface area contributed by atoms with Crippen LogP contribution in [-0.2, 0) is 28.9 Å². The number of alkyl carbamates (subject to hydrolysis) is 1. The Balaban J connectivity index is 1.40. The van der Waals surface area contributed by atoms with E-state index in [1.807, 2.05) is 48.1 Å². The number of aromatic nitrogens is 2. The van der Waals surface area contributed by atoms with Crippen LogP contribution in [0, 0.1) is 5.92 Å². The average molecular weight is 564 g/mol. The minimum absolute atomic E-state index is 0.00507. The molecule has 5 rings (SSSR count). The molecule has 3 aromatic rings. The van der Waals surface area contributed by atoms with Gasteiger partial charge in [-0.25, -0.2) is 14.8 Å². The number of ether oxygens (including phenoxy) is 1. The molecule has 10 nitrogen and oxygen atoms in total. The molecule has 2 aliphatic rings. The number of carbonyl (C=O) groups is 2. The summed E-state index contributed by atoms with van der Waals surface area (Å²) in [6.07, 6.45) is 5.44. The first kappa shape index (κ1) is 27.8. The Morgan fingerprint density at radius 1 is 1.18 bits per heavy atom. The van der Waals surface area contributed by atoms with E-state index in [0.29, 0.717) is 19.6 Å². The number of aryl methyl sites for hydroxylation is 1. The molecule has 1 aliphatic carbocycles. The molecule has 0 fully saturated rings. The maximum atomic E-state index is 12.6. The lowest BCUT2D eigenvalue weighted by molar-refractivity contribution is -0.133. The van der Waals surface area contributed by atoms with Crippen LogP contribution in [0.15, 0.2) is 23.5 Å². The minimum atomic E-state index is -0.542. The summed E-state index contributed by atoms with van der Waals surface area (Å²) in [4.78, 5) is 44.4. The predicted molar refractivity (Wildman–Crippen MR) is 160 cm³/mol. The molecule has 0 bridgehead atoms. The van der Waals surface area contributed by atoms with Gasteiger partial charge in [-0.15, -0.1) is 11.3 Å². The molecule has 11 heteroatoms. The van der Waals surface area contributed by atoms with Crippen molar-refractivity contribution in [2.75, 3.05) is 44.4 Å². The van der Waals surface area contributed by atoms with Gasteiger partial charge in [-0.1, -0.05) is 0 Å². The number of rotatable bonds is 7. The number of anilines is 3. The summed E-state index contributed by atoms with van der Waals surface area (Å²) in [5.41, 5.74) is 4.83. The molecule has 212 valence electrons. The fourth-order valence-electron chi connectivity index (χ4n) is 5.23. The Kier molecular flexibility index (Phi) is 7.67. The van der Waals surface area contributed by atoms with E-state index in [9.17, 15) is 9.59 Å². The van der Waals surface area contributed by atoms with E-state index >= 15 is 0 Å². The molecular weight excluding hydrogens is 526 g/mol. The molecule has 0 saturated carbocycles. The van der Waals surface area contributed by atoms with E-state index in [0.717, 1.165) is 57.8 Å². The van der Waals surface area contributed by atoms with Crippen molar-refractivity contribution in [2.45, 2.75) is 52.2 Å². The fraction of sp³-hybridized carbons (Fsp3) is 0.483. The second-order valence-electron chi connectivity index (χ2n) is 11.6. The zero-order valence-corrected chi connectivity index (χ0v) is 24.8. The first-order chi connectivity index (χ1) is 19.0. The highest BCUT2D eigenvalue weighted by atomic mass is 32.1. The van der Waals surface area contributed by atoms with E-state index in [1.54, 1.807) is 22.6 Å². The van der Waals surface area contributed by atoms with Gasteiger partial charge in [0, 0.05) is 51.2 Å².